The van der Waals surface area contributed by atoms with Crippen LogP contribution in [0.25, 0.3) is 21.9 Å². The normalized spacial score (nSPS) is 13.7. The molecule has 0 fully saturated rings. The quantitative estimate of drug-likeness (QED) is 0.453. The van der Waals surface area contributed by atoms with Gasteiger partial charge in [0.2, 0.25) is 0 Å². The number of hydrogen-bond acceptors (Lipinski definition) is 5. The number of hydrogen-bond donors (Lipinski definition) is 0. The van der Waals surface area contributed by atoms with E-state index >= 15 is 0 Å². The molecule has 0 amide bonds. The maximum atomic E-state index is 13.0. The van der Waals surface area contributed by atoms with Crippen molar-refractivity contribution in [1.82, 2.24) is 0 Å². The number of carbonyl (C=O) groups excluding carboxylic acids is 1. The summed E-state index contributed by atoms with van der Waals surface area (Å²) in [5.41, 5.74) is 0.610. The highest BCUT2D eigenvalue weighted by atomic mass is 35.7. The van der Waals surface area contributed by atoms with Crippen molar-refractivity contribution in [2.45, 2.75) is 9.79 Å². The lowest BCUT2D eigenvalue weighted by Crippen LogP contribution is -2.15. The van der Waals surface area contributed by atoms with Crippen molar-refractivity contribution in [3.8, 4) is 11.1 Å². The van der Waals surface area contributed by atoms with Gasteiger partial charge in [-0.05, 0) is 23.1 Å². The number of fused-ring (bicyclic) bond motifs is 2. The van der Waals surface area contributed by atoms with Crippen LogP contribution in [0.1, 0.15) is 15.9 Å². The Morgan fingerprint density at radius 2 is 1.15 bits per heavy atom. The van der Waals surface area contributed by atoms with Crippen LogP contribution in [0.4, 0.5) is 0 Å². The van der Waals surface area contributed by atoms with Crippen molar-refractivity contribution < 1.29 is 21.6 Å². The van der Waals surface area contributed by atoms with Gasteiger partial charge in [0.25, 0.3) is 18.1 Å². The Labute approximate surface area is 158 Å². The first-order valence-corrected chi connectivity index (χ1v) is 11.9. The first-order chi connectivity index (χ1) is 12.1. The highest BCUT2D eigenvalue weighted by Gasteiger charge is 2.34. The van der Waals surface area contributed by atoms with Crippen molar-refractivity contribution in [3.63, 3.8) is 0 Å². The second-order valence-corrected chi connectivity index (χ2v) is 10.8. The molecule has 0 aliphatic heterocycles. The summed E-state index contributed by atoms with van der Waals surface area (Å²) in [7, 11) is 2.73. The molecular weight excluding hydrogens is 419 g/mol. The Bertz CT molecular complexity index is 1340. The third-order valence-corrected chi connectivity index (χ3v) is 7.03. The van der Waals surface area contributed by atoms with Crippen LogP contribution in [0, 0.1) is 0 Å². The van der Waals surface area contributed by atoms with Crippen LogP contribution < -0.4 is 0 Å². The molecule has 0 N–H and O–H groups in total. The highest BCUT2D eigenvalue weighted by molar-refractivity contribution is 8.14. The number of carbonyl (C=O) groups is 1. The molecule has 4 rings (SSSR count). The van der Waals surface area contributed by atoms with Crippen LogP contribution in [-0.4, -0.2) is 22.6 Å². The third-order valence-electron chi connectivity index (χ3n) is 4.30. The van der Waals surface area contributed by atoms with E-state index in [1.54, 1.807) is 18.2 Å². The van der Waals surface area contributed by atoms with E-state index in [9.17, 15) is 21.6 Å². The minimum Gasteiger partial charge on any atom is -0.289 e. The fourth-order valence-electron chi connectivity index (χ4n) is 3.31. The average Bonchev–Trinajstić information content (AvgIpc) is 2.56. The van der Waals surface area contributed by atoms with Crippen molar-refractivity contribution in [2.75, 3.05) is 0 Å². The van der Waals surface area contributed by atoms with Gasteiger partial charge in [-0.25, -0.2) is 16.8 Å². The zero-order chi connectivity index (χ0) is 18.9. The van der Waals surface area contributed by atoms with E-state index in [0.29, 0.717) is 10.9 Å². The summed E-state index contributed by atoms with van der Waals surface area (Å²) in [4.78, 5) is 12.5. The van der Waals surface area contributed by atoms with Crippen molar-refractivity contribution >= 4 is 56.0 Å². The van der Waals surface area contributed by atoms with E-state index in [1.165, 1.54) is 30.3 Å². The van der Waals surface area contributed by atoms with Gasteiger partial charge in [-0.15, -0.1) is 0 Å². The highest BCUT2D eigenvalue weighted by Crippen LogP contribution is 2.45. The number of halogens is 2. The van der Waals surface area contributed by atoms with E-state index in [1.807, 2.05) is 0 Å². The van der Waals surface area contributed by atoms with Gasteiger partial charge in [0.1, 0.15) is 0 Å². The summed E-state index contributed by atoms with van der Waals surface area (Å²) in [6.45, 7) is 0. The van der Waals surface area contributed by atoms with Crippen LogP contribution in [-0.2, 0) is 18.1 Å². The lowest BCUT2D eigenvalue weighted by molar-refractivity contribution is 0.103. The summed E-state index contributed by atoms with van der Waals surface area (Å²) < 4.78 is 48.2. The molecule has 5 nitrogen and oxygen atoms in total. The Kier molecular flexibility index (Phi) is 3.72. The minimum atomic E-state index is -4.23. The zero-order valence-corrected chi connectivity index (χ0v) is 15.9. The molecule has 0 bridgehead atoms. The maximum absolute atomic E-state index is 13.0. The summed E-state index contributed by atoms with van der Waals surface area (Å²) in [6.07, 6.45) is 0. The smallest absolute Gasteiger partial charge is 0.262 e. The molecule has 0 aromatic heterocycles. The third kappa shape index (κ3) is 2.46. The molecule has 132 valence electrons. The Hall–Kier alpha value is -1.93. The fourth-order valence-corrected chi connectivity index (χ4v) is 5.44. The Morgan fingerprint density at radius 3 is 1.69 bits per heavy atom. The monoisotopic (exact) mass is 426 g/mol. The van der Waals surface area contributed by atoms with Crippen LogP contribution in [0.5, 0.6) is 0 Å². The SMILES string of the molecule is O=C1c2ccccc2-c2c(S(=O)(=O)Cl)ccc3ccc(S(=O)(=O)Cl)c1c23. The molecule has 0 spiro atoms. The molecule has 3 aromatic carbocycles. The van der Waals surface area contributed by atoms with Gasteiger partial charge in [0.15, 0.2) is 5.78 Å². The van der Waals surface area contributed by atoms with E-state index in [-0.39, 0.29) is 31.9 Å². The number of rotatable bonds is 2. The summed E-state index contributed by atoms with van der Waals surface area (Å²) in [5, 5.41) is 0.711. The van der Waals surface area contributed by atoms with Gasteiger partial charge in [0.05, 0.1) is 15.4 Å². The summed E-state index contributed by atoms with van der Waals surface area (Å²) >= 11 is 0. The zero-order valence-electron chi connectivity index (χ0n) is 12.7. The number of ketones is 1. The minimum absolute atomic E-state index is 0.145. The first kappa shape index (κ1) is 17.5. The lowest BCUT2D eigenvalue weighted by Gasteiger charge is -2.23. The molecule has 9 heteroatoms. The number of benzene rings is 3. The molecule has 0 atom stereocenters. The predicted octanol–water partition coefficient (Wildman–Crippen LogP) is 3.91. The van der Waals surface area contributed by atoms with Crippen LogP contribution in [0.3, 0.4) is 0 Å². The molecule has 1 aliphatic rings. The van der Waals surface area contributed by atoms with Crippen LogP contribution in [0.2, 0.25) is 0 Å². The maximum Gasteiger partial charge on any atom is 0.262 e. The van der Waals surface area contributed by atoms with Crippen LogP contribution >= 0.6 is 21.4 Å². The molecular formula is C17H8Cl2O5S2. The van der Waals surface area contributed by atoms with E-state index in [2.05, 4.69) is 0 Å². The first-order valence-electron chi connectivity index (χ1n) is 7.24. The second-order valence-electron chi connectivity index (χ2n) is 5.73. The molecule has 1 aliphatic carbocycles. The van der Waals surface area contributed by atoms with Gasteiger partial charge in [-0.3, -0.25) is 4.79 Å². The largest absolute Gasteiger partial charge is 0.289 e. The van der Waals surface area contributed by atoms with E-state index in [0.717, 1.165) is 0 Å². The molecule has 0 heterocycles. The van der Waals surface area contributed by atoms with E-state index in [4.69, 9.17) is 21.4 Å². The van der Waals surface area contributed by atoms with Crippen molar-refractivity contribution in [1.29, 1.82) is 0 Å². The lowest BCUT2D eigenvalue weighted by atomic mass is 9.83. The summed E-state index contributed by atoms with van der Waals surface area (Å²) in [6, 6.07) is 11.9. The van der Waals surface area contributed by atoms with Gasteiger partial charge < -0.3 is 0 Å². The molecule has 0 radical (unpaired) electrons. The molecule has 3 aromatic rings. The predicted molar refractivity (Wildman–Crippen MR) is 98.9 cm³/mol. The van der Waals surface area contributed by atoms with Gasteiger partial charge in [0, 0.05) is 37.9 Å². The summed E-state index contributed by atoms with van der Waals surface area (Å²) in [5.74, 6) is -0.540. The van der Waals surface area contributed by atoms with E-state index < -0.39 is 23.9 Å². The molecule has 0 unspecified atom stereocenters. The van der Waals surface area contributed by atoms with Crippen molar-refractivity contribution in [2.24, 2.45) is 0 Å². The molecule has 0 saturated heterocycles. The Balaban J connectivity index is 2.37. The standard InChI is InChI=1S/C17H8Cl2O5S2/c18-25(21,22)12-7-5-9-6-8-13(26(19,23)24)16-14(9)15(12)10-3-1-2-4-11(10)17(16)20/h1-8H. The molecule has 0 saturated carbocycles. The fraction of sp³-hybridized carbons (Fsp3) is 0. The topological polar surface area (TPSA) is 85.3 Å². The Morgan fingerprint density at radius 1 is 0.654 bits per heavy atom. The van der Waals surface area contributed by atoms with Crippen LogP contribution in [0.15, 0.2) is 58.3 Å². The second kappa shape index (κ2) is 5.53. The van der Waals surface area contributed by atoms with Gasteiger partial charge >= 0.3 is 0 Å². The van der Waals surface area contributed by atoms with Crippen molar-refractivity contribution in [3.05, 3.63) is 59.7 Å². The van der Waals surface area contributed by atoms with Gasteiger partial charge in [-0.1, -0.05) is 36.4 Å². The average molecular weight is 427 g/mol. The van der Waals surface area contributed by atoms with Gasteiger partial charge in [-0.2, -0.15) is 0 Å². The molecule has 26 heavy (non-hydrogen) atoms.